The lowest BCUT2D eigenvalue weighted by molar-refractivity contribution is -0.121. The maximum Gasteiger partial charge on any atom is 0.221 e. The summed E-state index contributed by atoms with van der Waals surface area (Å²) in [7, 11) is -0.867. The summed E-state index contributed by atoms with van der Waals surface area (Å²) in [5.74, 6) is -0.399. The highest BCUT2D eigenvalue weighted by atomic mass is 35.5. The molecule has 0 saturated heterocycles. The number of carbonyl (C=O) groups excluding carboxylic acids is 1. The second kappa shape index (κ2) is 8.33. The van der Waals surface area contributed by atoms with E-state index in [-0.39, 0.29) is 11.3 Å². The molecule has 1 amide bonds. The Morgan fingerprint density at radius 1 is 1.26 bits per heavy atom. The number of hydrogen-bond acceptors (Lipinski definition) is 4. The lowest BCUT2D eigenvalue weighted by atomic mass is 10.2. The Kier molecular flexibility index (Phi) is 7.32. The lowest BCUT2D eigenvalue weighted by Gasteiger charge is -2.35. The molecule has 1 aromatic carbocycles. The fraction of sp³-hybridized carbons (Fsp3) is 0.533. The number of alkyl halides is 2. The Bertz CT molecular complexity index is 619. The molecule has 5 nitrogen and oxygen atoms in total. The number of rotatable bonds is 8. The predicted molar refractivity (Wildman–Crippen MR) is 93.2 cm³/mol. The number of sulfone groups is 1. The molecule has 1 atom stereocenters. The molecular formula is C15H22Cl2N2O3S. The molecule has 130 valence electrons. The molecule has 0 aliphatic rings. The van der Waals surface area contributed by atoms with Crippen LogP contribution >= 0.6 is 23.2 Å². The van der Waals surface area contributed by atoms with E-state index in [0.717, 1.165) is 6.42 Å². The number of amides is 1. The summed E-state index contributed by atoms with van der Waals surface area (Å²) >= 11 is 12.5. The number of nitrogens with one attached hydrogen (secondary N) is 1. The van der Waals surface area contributed by atoms with Crippen LogP contribution in [-0.4, -0.2) is 43.2 Å². The third kappa shape index (κ3) is 5.08. The standard InChI is InChI=1S/C15H22Cl2N2O3S/c1-4-5-11-13(20)18-14(15(16,17)19(2)3)23(21,22)12-9-7-6-8-10-12/h6-10,14H,4-5,11H2,1-3H3,(H,18,20). The highest BCUT2D eigenvalue weighted by molar-refractivity contribution is 7.92. The first-order chi connectivity index (χ1) is 10.6. The van der Waals surface area contributed by atoms with Crippen LogP contribution in [0.15, 0.2) is 35.2 Å². The number of hydrogen-bond donors (Lipinski definition) is 1. The van der Waals surface area contributed by atoms with Crippen LogP contribution < -0.4 is 5.32 Å². The summed E-state index contributed by atoms with van der Waals surface area (Å²) in [6, 6.07) is 7.79. The van der Waals surface area contributed by atoms with Gasteiger partial charge in [0.05, 0.1) is 4.90 Å². The summed E-state index contributed by atoms with van der Waals surface area (Å²) in [6.07, 6.45) is 1.70. The third-order valence-corrected chi connectivity index (χ3v) is 6.72. The second-order valence-electron chi connectivity index (χ2n) is 5.39. The van der Waals surface area contributed by atoms with Gasteiger partial charge < -0.3 is 5.32 Å². The maximum absolute atomic E-state index is 12.9. The molecule has 1 aromatic rings. The Balaban J connectivity index is 3.22. The molecule has 0 heterocycles. The summed E-state index contributed by atoms with van der Waals surface area (Å²) < 4.78 is 24.0. The van der Waals surface area contributed by atoms with E-state index in [1.807, 2.05) is 6.92 Å². The summed E-state index contributed by atoms with van der Waals surface area (Å²) in [5, 5.41) is 0.994. The third-order valence-electron chi connectivity index (χ3n) is 3.34. The Hall–Kier alpha value is -0.820. The van der Waals surface area contributed by atoms with Crippen molar-refractivity contribution in [1.29, 1.82) is 0 Å². The van der Waals surface area contributed by atoms with E-state index in [4.69, 9.17) is 23.2 Å². The van der Waals surface area contributed by atoms with Crippen LogP contribution in [0.4, 0.5) is 0 Å². The van der Waals surface area contributed by atoms with Crippen molar-refractivity contribution in [2.24, 2.45) is 0 Å². The minimum Gasteiger partial charge on any atom is -0.336 e. The zero-order valence-electron chi connectivity index (χ0n) is 13.4. The van der Waals surface area contributed by atoms with E-state index < -0.39 is 25.6 Å². The molecule has 0 aliphatic heterocycles. The van der Waals surface area contributed by atoms with Gasteiger partial charge in [-0.15, -0.1) is 0 Å². The quantitative estimate of drug-likeness (QED) is 0.556. The molecule has 0 saturated carbocycles. The van der Waals surface area contributed by atoms with Gasteiger partial charge in [-0.05, 0) is 32.6 Å². The first kappa shape index (κ1) is 20.2. The second-order valence-corrected chi connectivity index (χ2v) is 8.77. The van der Waals surface area contributed by atoms with Crippen LogP contribution in [0.3, 0.4) is 0 Å². The SMILES string of the molecule is CCCCC(=O)NC(C(Cl)(Cl)N(C)C)S(=O)(=O)c1ccccc1. The fourth-order valence-electron chi connectivity index (χ4n) is 1.89. The number of nitrogens with zero attached hydrogens (tertiary/aromatic N) is 1. The molecular weight excluding hydrogens is 359 g/mol. The van der Waals surface area contributed by atoms with Gasteiger partial charge in [0, 0.05) is 6.42 Å². The van der Waals surface area contributed by atoms with Gasteiger partial charge in [-0.3, -0.25) is 9.69 Å². The van der Waals surface area contributed by atoms with Gasteiger partial charge in [0.2, 0.25) is 20.2 Å². The van der Waals surface area contributed by atoms with Gasteiger partial charge in [0.25, 0.3) is 0 Å². The van der Waals surface area contributed by atoms with Gasteiger partial charge in [0.15, 0.2) is 5.37 Å². The Labute approximate surface area is 147 Å². The highest BCUT2D eigenvalue weighted by Gasteiger charge is 2.47. The first-order valence-corrected chi connectivity index (χ1v) is 9.57. The molecule has 1 N–H and O–H groups in total. The van der Waals surface area contributed by atoms with Crippen molar-refractivity contribution >= 4 is 38.9 Å². The van der Waals surface area contributed by atoms with E-state index in [2.05, 4.69) is 5.32 Å². The van der Waals surface area contributed by atoms with Crippen molar-refractivity contribution in [1.82, 2.24) is 10.2 Å². The van der Waals surface area contributed by atoms with E-state index in [1.54, 1.807) is 32.3 Å². The van der Waals surface area contributed by atoms with Crippen LogP contribution in [0.5, 0.6) is 0 Å². The fourth-order valence-corrected chi connectivity index (χ4v) is 4.38. The summed E-state index contributed by atoms with van der Waals surface area (Å²) in [6.45, 7) is 1.94. The van der Waals surface area contributed by atoms with Crippen molar-refractivity contribution < 1.29 is 13.2 Å². The van der Waals surface area contributed by atoms with E-state index in [9.17, 15) is 13.2 Å². The van der Waals surface area contributed by atoms with Crippen molar-refractivity contribution in [3.8, 4) is 0 Å². The minimum atomic E-state index is -3.96. The molecule has 1 rings (SSSR count). The van der Waals surface area contributed by atoms with Crippen LogP contribution in [-0.2, 0) is 14.6 Å². The summed E-state index contributed by atoms with van der Waals surface area (Å²) in [5.41, 5.74) is 0. The number of halogens is 2. The first-order valence-electron chi connectivity index (χ1n) is 7.27. The van der Waals surface area contributed by atoms with Crippen molar-refractivity contribution in [3.63, 3.8) is 0 Å². The highest BCUT2D eigenvalue weighted by Crippen LogP contribution is 2.33. The molecule has 0 fully saturated rings. The molecule has 0 aliphatic carbocycles. The van der Waals surface area contributed by atoms with Gasteiger partial charge in [-0.1, -0.05) is 54.7 Å². The van der Waals surface area contributed by atoms with Gasteiger partial charge in [-0.25, -0.2) is 8.42 Å². The van der Waals surface area contributed by atoms with Crippen molar-refractivity contribution in [2.75, 3.05) is 14.1 Å². The maximum atomic E-state index is 12.9. The van der Waals surface area contributed by atoms with Crippen LogP contribution in [0, 0.1) is 0 Å². The van der Waals surface area contributed by atoms with E-state index >= 15 is 0 Å². The topological polar surface area (TPSA) is 66.5 Å². The Morgan fingerprint density at radius 3 is 2.30 bits per heavy atom. The van der Waals surface area contributed by atoms with Gasteiger partial charge >= 0.3 is 0 Å². The molecule has 1 unspecified atom stereocenters. The predicted octanol–water partition coefficient (Wildman–Crippen LogP) is 2.79. The van der Waals surface area contributed by atoms with E-state index in [0.29, 0.717) is 6.42 Å². The number of benzene rings is 1. The number of carbonyl (C=O) groups is 1. The van der Waals surface area contributed by atoms with Gasteiger partial charge in [-0.2, -0.15) is 0 Å². The molecule has 0 aromatic heterocycles. The molecule has 0 spiro atoms. The van der Waals surface area contributed by atoms with Crippen LogP contribution in [0.2, 0.25) is 0 Å². The molecule has 23 heavy (non-hydrogen) atoms. The van der Waals surface area contributed by atoms with Crippen molar-refractivity contribution in [2.45, 2.75) is 40.9 Å². The zero-order chi connectivity index (χ0) is 17.7. The summed E-state index contributed by atoms with van der Waals surface area (Å²) in [4.78, 5) is 13.4. The van der Waals surface area contributed by atoms with Crippen LogP contribution in [0.1, 0.15) is 26.2 Å². The average Bonchev–Trinajstić information content (AvgIpc) is 2.50. The molecule has 8 heteroatoms. The zero-order valence-corrected chi connectivity index (χ0v) is 15.7. The minimum absolute atomic E-state index is 0.0494. The van der Waals surface area contributed by atoms with E-state index in [1.165, 1.54) is 17.0 Å². The normalized spacial score (nSPS) is 13.8. The van der Waals surface area contributed by atoms with Crippen molar-refractivity contribution in [3.05, 3.63) is 30.3 Å². The van der Waals surface area contributed by atoms with Gasteiger partial charge in [0.1, 0.15) is 0 Å². The Morgan fingerprint density at radius 2 is 1.83 bits per heavy atom. The smallest absolute Gasteiger partial charge is 0.221 e. The number of likely N-dealkylation sites (N-methyl/N-ethyl adjacent to an activating group) is 1. The monoisotopic (exact) mass is 380 g/mol. The van der Waals surface area contributed by atoms with Crippen LogP contribution in [0.25, 0.3) is 0 Å². The average molecular weight is 381 g/mol. The lowest BCUT2D eigenvalue weighted by Crippen LogP contribution is -2.57. The molecule has 0 radical (unpaired) electrons. The largest absolute Gasteiger partial charge is 0.336 e. The molecule has 0 bridgehead atoms. The number of unbranched alkanes of at least 4 members (excludes halogenated alkanes) is 1.